The molecule has 6 nitrogen and oxygen atoms in total. The number of hydrogen-bond donors (Lipinski definition) is 2. The first kappa shape index (κ1) is 29.1. The Morgan fingerprint density at radius 3 is 2.71 bits per heavy atom. The molecule has 4 rings (SSSR count). The summed E-state index contributed by atoms with van der Waals surface area (Å²) in [5.41, 5.74) is 1.37. The van der Waals surface area contributed by atoms with Gasteiger partial charge in [-0.1, -0.05) is 39.7 Å². The van der Waals surface area contributed by atoms with E-state index < -0.39 is 6.10 Å². The number of fused-ring (bicyclic) bond motifs is 1. The third kappa shape index (κ3) is 7.20. The number of benzene rings is 2. The molecule has 0 amide bonds. The smallest absolute Gasteiger partial charge is 0.261 e. The van der Waals surface area contributed by atoms with E-state index in [0.29, 0.717) is 28.1 Å². The molecule has 34 heavy (non-hydrogen) atoms. The van der Waals surface area contributed by atoms with Crippen LogP contribution in [0.3, 0.4) is 0 Å². The Balaban J connectivity index is 0.00000204. The normalized spacial score (nSPS) is 17.6. The van der Waals surface area contributed by atoms with E-state index in [9.17, 15) is 14.7 Å². The predicted molar refractivity (Wildman–Crippen MR) is 146 cm³/mol. The van der Waals surface area contributed by atoms with E-state index >= 15 is 0 Å². The molecule has 1 aromatic heterocycles. The topological polar surface area (TPSA) is 84.2 Å². The number of nitrogens with zero attached hydrogens (tertiary/aromatic N) is 2. The lowest BCUT2D eigenvalue weighted by molar-refractivity contribution is -0.121. The highest BCUT2D eigenvalue weighted by Gasteiger charge is 2.25. The molecule has 0 spiro atoms. The van der Waals surface area contributed by atoms with E-state index in [1.807, 2.05) is 24.3 Å². The lowest BCUT2D eigenvalue weighted by Crippen LogP contribution is -2.46. The monoisotopic (exact) mass is 607 g/mol. The molecule has 0 aliphatic carbocycles. The summed E-state index contributed by atoms with van der Waals surface area (Å²) in [6.07, 6.45) is 2.61. The molecular formula is C23H25BrCl3N3O3S. The van der Waals surface area contributed by atoms with Crippen molar-refractivity contribution in [2.24, 2.45) is 0 Å². The maximum absolute atomic E-state index is 13.0. The summed E-state index contributed by atoms with van der Waals surface area (Å²) in [6.45, 7) is 0.713. The van der Waals surface area contributed by atoms with Gasteiger partial charge in [-0.2, -0.15) is 0 Å². The number of hydrogen-bond acceptors (Lipinski definition) is 6. The van der Waals surface area contributed by atoms with Gasteiger partial charge in [0.2, 0.25) is 0 Å². The van der Waals surface area contributed by atoms with Gasteiger partial charge in [-0.15, -0.1) is 36.6 Å². The van der Waals surface area contributed by atoms with Gasteiger partial charge < -0.3 is 10.4 Å². The molecule has 0 saturated carbocycles. The van der Waals surface area contributed by atoms with Crippen LogP contribution < -0.4 is 10.9 Å². The molecule has 2 atom stereocenters. The quantitative estimate of drug-likeness (QED) is 0.366. The molecule has 2 N–H and O–H groups in total. The Labute approximate surface area is 227 Å². The Morgan fingerprint density at radius 1 is 1.26 bits per heavy atom. The number of halogens is 4. The molecule has 3 aromatic rings. The fourth-order valence-electron chi connectivity index (χ4n) is 3.77. The van der Waals surface area contributed by atoms with E-state index in [1.165, 1.54) is 10.9 Å². The number of thioether (sulfide) groups is 1. The fourth-order valence-corrected chi connectivity index (χ4v) is 5.27. The first-order valence-electron chi connectivity index (χ1n) is 10.4. The predicted octanol–water partition coefficient (Wildman–Crippen LogP) is 5.02. The van der Waals surface area contributed by atoms with Crippen LogP contribution in [-0.4, -0.2) is 39.1 Å². The van der Waals surface area contributed by atoms with Gasteiger partial charge in [0.25, 0.3) is 5.56 Å². The first-order valence-corrected chi connectivity index (χ1v) is 12.6. The van der Waals surface area contributed by atoms with Gasteiger partial charge in [0.1, 0.15) is 0 Å². The third-order valence-corrected chi connectivity index (χ3v) is 7.61. The van der Waals surface area contributed by atoms with Crippen molar-refractivity contribution in [3.05, 3.63) is 68.1 Å². The van der Waals surface area contributed by atoms with Crippen LogP contribution >= 0.6 is 64.1 Å². The second-order valence-corrected chi connectivity index (χ2v) is 10.2. The van der Waals surface area contributed by atoms with Gasteiger partial charge in [0.05, 0.1) is 34.9 Å². The lowest BCUT2D eigenvalue weighted by Gasteiger charge is -2.28. The van der Waals surface area contributed by atoms with Crippen LogP contribution in [0.25, 0.3) is 10.9 Å². The number of ketones is 1. The summed E-state index contributed by atoms with van der Waals surface area (Å²) in [7, 11) is 0. The summed E-state index contributed by atoms with van der Waals surface area (Å²) in [4.78, 5) is 30.7. The number of nitrogens with one attached hydrogen (secondary N) is 1. The van der Waals surface area contributed by atoms with E-state index in [1.54, 1.807) is 23.9 Å². The third-order valence-electron chi connectivity index (χ3n) is 5.53. The molecular weight excluding hydrogens is 585 g/mol. The number of carbonyl (C=O) groups is 1. The first-order chi connectivity index (χ1) is 15.4. The second kappa shape index (κ2) is 13.3. The fraction of sp³-hybridized carbons (Fsp3) is 0.348. The number of piperidine rings is 1. The van der Waals surface area contributed by atoms with Crippen molar-refractivity contribution in [2.45, 2.75) is 48.6 Å². The number of rotatable bonds is 7. The zero-order valence-corrected chi connectivity index (χ0v) is 22.9. The van der Waals surface area contributed by atoms with Crippen molar-refractivity contribution in [1.82, 2.24) is 14.9 Å². The summed E-state index contributed by atoms with van der Waals surface area (Å²) < 4.78 is 2.35. The molecule has 184 valence electrons. The highest BCUT2D eigenvalue weighted by molar-refractivity contribution is 9.10. The van der Waals surface area contributed by atoms with Gasteiger partial charge >= 0.3 is 0 Å². The van der Waals surface area contributed by atoms with Crippen LogP contribution in [0.15, 0.2) is 56.9 Å². The molecule has 0 bridgehead atoms. The summed E-state index contributed by atoms with van der Waals surface area (Å²) in [6, 6.07) is 11.2. The molecule has 1 aliphatic rings. The van der Waals surface area contributed by atoms with Gasteiger partial charge in [-0.05, 0) is 49.2 Å². The van der Waals surface area contributed by atoms with Crippen molar-refractivity contribution in [2.75, 3.05) is 6.54 Å². The summed E-state index contributed by atoms with van der Waals surface area (Å²) >= 11 is 11.4. The largest absolute Gasteiger partial charge is 0.391 e. The zero-order valence-electron chi connectivity index (χ0n) is 18.1. The average Bonchev–Trinajstić information content (AvgIpc) is 2.77. The van der Waals surface area contributed by atoms with Gasteiger partial charge in [-0.3, -0.25) is 14.2 Å². The van der Waals surface area contributed by atoms with E-state index in [0.717, 1.165) is 27.9 Å². The van der Waals surface area contributed by atoms with E-state index in [2.05, 4.69) is 26.2 Å². The molecule has 0 radical (unpaired) electrons. The van der Waals surface area contributed by atoms with Crippen LogP contribution in [0.4, 0.5) is 0 Å². The average molecular weight is 610 g/mol. The van der Waals surface area contributed by atoms with E-state index in [4.69, 9.17) is 11.6 Å². The van der Waals surface area contributed by atoms with E-state index in [-0.39, 0.29) is 55.2 Å². The highest BCUT2D eigenvalue weighted by Crippen LogP contribution is 2.32. The highest BCUT2D eigenvalue weighted by atomic mass is 79.9. The SMILES string of the molecule is Cl.Cl.O=C(C[C@@H]1NCCC[C@H]1O)Cn1cnc2cc(Cl)c(SCc3ccc(Br)cc3)cc2c1=O. The van der Waals surface area contributed by atoms with Crippen molar-refractivity contribution >= 4 is 80.8 Å². The zero-order chi connectivity index (χ0) is 22.7. The molecule has 11 heteroatoms. The van der Waals surface area contributed by atoms with Crippen LogP contribution in [0, 0.1) is 0 Å². The molecule has 1 aliphatic heterocycles. The minimum Gasteiger partial charge on any atom is -0.391 e. The number of Topliss-reactive ketones (excluding diaryl/α,β-unsaturated/α-hetero) is 1. The minimum absolute atomic E-state index is 0. The van der Waals surface area contributed by atoms with Crippen LogP contribution in [0.1, 0.15) is 24.8 Å². The lowest BCUT2D eigenvalue weighted by atomic mass is 9.97. The Kier molecular flexibility index (Phi) is 11.3. The van der Waals surface area contributed by atoms with Crippen LogP contribution in [0.2, 0.25) is 5.02 Å². The molecule has 1 saturated heterocycles. The van der Waals surface area contributed by atoms with Crippen LogP contribution in [-0.2, 0) is 17.1 Å². The maximum atomic E-state index is 13.0. The van der Waals surface area contributed by atoms with Gasteiger partial charge in [0.15, 0.2) is 5.78 Å². The Hall–Kier alpha value is -1.13. The molecule has 1 fully saturated rings. The summed E-state index contributed by atoms with van der Waals surface area (Å²) in [5.74, 6) is 0.591. The Morgan fingerprint density at radius 2 is 2.00 bits per heavy atom. The summed E-state index contributed by atoms with van der Waals surface area (Å²) in [5, 5.41) is 14.2. The van der Waals surface area contributed by atoms with Crippen molar-refractivity contribution in [3.63, 3.8) is 0 Å². The number of aliphatic hydroxyl groups is 1. The second-order valence-electron chi connectivity index (χ2n) is 7.91. The molecule has 0 unspecified atom stereocenters. The van der Waals surface area contributed by atoms with Crippen molar-refractivity contribution in [3.8, 4) is 0 Å². The van der Waals surface area contributed by atoms with Crippen LogP contribution in [0.5, 0.6) is 0 Å². The molecule has 2 aromatic carbocycles. The van der Waals surface area contributed by atoms with Crippen molar-refractivity contribution < 1.29 is 9.90 Å². The van der Waals surface area contributed by atoms with Gasteiger partial charge in [0, 0.05) is 27.6 Å². The standard InChI is InChI=1S/C23H23BrClN3O3S.2ClH/c24-15-5-3-14(4-6-15)12-32-22-9-17-19(10-18(22)25)27-13-28(23(17)31)11-16(29)8-20-21(30)2-1-7-26-20;;/h3-6,9-10,13,20-21,26,30H,1-2,7-8,11-12H2;2*1H/t20-,21+;;/m0../s1. The maximum Gasteiger partial charge on any atom is 0.261 e. The number of aromatic nitrogens is 2. The number of aliphatic hydroxyl groups excluding tert-OH is 1. The Bertz CT molecular complexity index is 1190. The number of carbonyl (C=O) groups excluding carboxylic acids is 1. The minimum atomic E-state index is -0.536. The van der Waals surface area contributed by atoms with Gasteiger partial charge in [-0.25, -0.2) is 4.98 Å². The van der Waals surface area contributed by atoms with Crippen molar-refractivity contribution in [1.29, 1.82) is 0 Å². The molecule has 2 heterocycles.